The van der Waals surface area contributed by atoms with Crippen LogP contribution in [-0.2, 0) is 0 Å². The molecule has 0 saturated carbocycles. The van der Waals surface area contributed by atoms with Crippen molar-refractivity contribution in [3.63, 3.8) is 0 Å². The molecule has 632 valence electrons. The maximum absolute atomic E-state index is 14.5. The van der Waals surface area contributed by atoms with Crippen molar-refractivity contribution in [2.45, 2.75) is 40.7 Å². The van der Waals surface area contributed by atoms with E-state index < -0.39 is 5.82 Å². The lowest BCUT2D eigenvalue weighted by atomic mass is 10.0. The summed E-state index contributed by atoms with van der Waals surface area (Å²) in [6.07, 6.45) is 3.17. The molecule has 0 aliphatic carbocycles. The van der Waals surface area contributed by atoms with E-state index in [0.717, 1.165) is 74.2 Å². The summed E-state index contributed by atoms with van der Waals surface area (Å²) in [7, 11) is 7.71. The number of piperazine rings is 4. The van der Waals surface area contributed by atoms with Crippen molar-refractivity contribution >= 4 is 67.7 Å². The molecule has 12 aliphatic heterocycles. The molecular weight excluding hydrogens is 1570 g/mol. The Morgan fingerprint density at radius 3 is 1.06 bits per heavy atom. The smallest absolute Gasteiger partial charge is 0.328 e. The largest absolute Gasteiger partial charge is 0.497 e. The molecule has 0 radical (unpaired) electrons. The quantitative estimate of drug-likeness (QED) is 0.150. The molecule has 0 atom stereocenters. The van der Waals surface area contributed by atoms with Crippen LogP contribution in [0.3, 0.4) is 0 Å². The number of amides is 4. The van der Waals surface area contributed by atoms with Crippen molar-refractivity contribution in [1.29, 1.82) is 0 Å². The molecule has 4 saturated heterocycles. The lowest BCUT2D eigenvalue weighted by Crippen LogP contribution is -2.52. The molecule has 0 spiro atoms. The van der Waals surface area contributed by atoms with Crippen LogP contribution in [0.4, 0.5) is 23.6 Å². The highest BCUT2D eigenvalue weighted by Gasteiger charge is 2.35. The van der Waals surface area contributed by atoms with E-state index in [9.17, 15) is 42.7 Å². The number of para-hydroxylation sites is 6. The number of fused-ring (bicyclic) bond motifs is 12. The lowest BCUT2D eigenvalue weighted by Gasteiger charge is -2.37. The summed E-state index contributed by atoms with van der Waals surface area (Å²) in [5.41, 5.74) is 9.95. The van der Waals surface area contributed by atoms with Crippen molar-refractivity contribution in [3.05, 3.63) is 277 Å². The number of aromatic nitrogens is 12. The van der Waals surface area contributed by atoms with Crippen LogP contribution in [-0.4, -0.2) is 260 Å². The van der Waals surface area contributed by atoms with E-state index in [0.29, 0.717) is 165 Å². The first-order chi connectivity index (χ1) is 60.0. The van der Waals surface area contributed by atoms with Crippen LogP contribution in [0.1, 0.15) is 30.8 Å². The van der Waals surface area contributed by atoms with Crippen LogP contribution in [0.15, 0.2) is 232 Å². The van der Waals surface area contributed by atoms with Gasteiger partial charge in [-0.3, -0.25) is 42.3 Å². The number of pyridine rings is 4. The van der Waals surface area contributed by atoms with Crippen molar-refractivity contribution in [2.75, 3.05) is 133 Å². The summed E-state index contributed by atoms with van der Waals surface area (Å²) in [4.78, 5) is 123. The highest BCUT2D eigenvalue weighted by atomic mass is 19.1. The highest BCUT2D eigenvalue weighted by molar-refractivity contribution is 6.04. The summed E-state index contributed by atoms with van der Waals surface area (Å²) in [5, 5.41) is 21.2. The zero-order valence-corrected chi connectivity index (χ0v) is 70.6. The second-order valence-corrected chi connectivity index (χ2v) is 32.2. The number of methoxy groups -OCH3 is 1. The van der Waals surface area contributed by atoms with Gasteiger partial charge in [-0.25, -0.2) is 23.6 Å². The van der Waals surface area contributed by atoms with Gasteiger partial charge in [0.1, 0.15) is 34.3 Å². The predicted molar refractivity (Wildman–Crippen MR) is 477 cm³/mol. The van der Waals surface area contributed by atoms with E-state index in [1.165, 1.54) is 29.4 Å². The maximum atomic E-state index is 14.5. The Bertz CT molecular complexity index is 6820. The van der Waals surface area contributed by atoms with Crippen molar-refractivity contribution in [2.24, 2.45) is 0 Å². The number of halogens is 1. The van der Waals surface area contributed by atoms with Gasteiger partial charge in [0.2, 0.25) is 0 Å². The number of ether oxygens (including phenoxy) is 1. The van der Waals surface area contributed by atoms with Gasteiger partial charge in [0.05, 0.1) is 74.2 Å². The Labute approximate surface area is 712 Å². The van der Waals surface area contributed by atoms with Gasteiger partial charge in [-0.15, -0.1) is 0 Å². The van der Waals surface area contributed by atoms with Crippen LogP contribution in [0.2, 0.25) is 0 Å². The zero-order chi connectivity index (χ0) is 86.5. The molecule has 20 rings (SSSR count). The van der Waals surface area contributed by atoms with Crippen molar-refractivity contribution in [1.82, 2.24) is 96.6 Å². The Balaban J connectivity index is 0.000000117. The summed E-state index contributed by atoms with van der Waals surface area (Å²) in [6.45, 7) is 21.4. The molecule has 30 heteroatoms. The average molecular weight is 1670 g/mol. The summed E-state index contributed by atoms with van der Waals surface area (Å²) >= 11 is 0. The minimum atomic E-state index is -0.402. The third kappa shape index (κ3) is 15.4. The third-order valence-electron chi connectivity index (χ3n) is 24.1. The Morgan fingerprint density at radius 1 is 0.355 bits per heavy atom. The van der Waals surface area contributed by atoms with Crippen LogP contribution >= 0.6 is 0 Å². The monoisotopic (exact) mass is 1670 g/mol. The SMILES string of the molecule is COc1ccc2c(c1)c1nn(-c3ccccc3)c(=O)c-1cn2C(=O)N1CCN(C)CC1.Cc1c2c(=O)n(-c3ccccc3)nc-2c2ccccc2n1C(=O)N1CCN(C(C)C)CC1.Cc1c2c(=O)n(-c3ccccc3)nc-2c2ccccc2n1C(=O)N1CCN(C)CC1.Cc1cc2c(cc1F)c1nn(-c3ccccc3)c(=O)c-1cn2C(=O)N1CCN(C)CC1. The van der Waals surface area contributed by atoms with Gasteiger partial charge in [0, 0.05) is 156 Å². The zero-order valence-electron chi connectivity index (χ0n) is 70.6. The van der Waals surface area contributed by atoms with Crippen molar-refractivity contribution < 1.29 is 28.3 Å². The van der Waals surface area contributed by atoms with Gasteiger partial charge in [-0.1, -0.05) is 109 Å². The molecule has 0 aromatic heterocycles. The van der Waals surface area contributed by atoms with Crippen molar-refractivity contribution in [3.8, 4) is 73.5 Å². The van der Waals surface area contributed by atoms with E-state index in [1.807, 2.05) is 219 Å². The van der Waals surface area contributed by atoms with E-state index in [4.69, 9.17) is 4.74 Å². The maximum Gasteiger partial charge on any atom is 0.328 e. The number of aryl methyl sites for hydroxylation is 1. The fourth-order valence-corrected chi connectivity index (χ4v) is 16.9. The van der Waals surface area contributed by atoms with Crippen LogP contribution in [0.5, 0.6) is 5.75 Å². The second kappa shape index (κ2) is 34.4. The highest BCUT2D eigenvalue weighted by Crippen LogP contribution is 2.37. The summed E-state index contributed by atoms with van der Waals surface area (Å²) in [5.74, 6) is 0.237. The van der Waals surface area contributed by atoms with E-state index in [2.05, 4.69) is 60.9 Å². The van der Waals surface area contributed by atoms with Gasteiger partial charge in [0.15, 0.2) is 0 Å². The summed E-state index contributed by atoms with van der Waals surface area (Å²) < 4.78 is 31.9. The van der Waals surface area contributed by atoms with E-state index in [-0.39, 0.29) is 51.9 Å². The molecule has 8 aromatic rings. The number of carbonyl (C=O) groups excluding carboxylic acids is 4. The molecule has 4 fully saturated rings. The molecule has 4 amide bonds. The first-order valence-corrected chi connectivity index (χ1v) is 41.6. The fourth-order valence-electron chi connectivity index (χ4n) is 16.9. The minimum absolute atomic E-state index is 0.0872. The van der Waals surface area contributed by atoms with E-state index >= 15 is 0 Å². The molecular formula is C94H95FN20O9. The Kier molecular flexibility index (Phi) is 22.8. The number of hydrogen-bond acceptors (Lipinski definition) is 17. The number of carbonyl (C=O) groups is 4. The standard InChI is InChI=1S/C25H27N5O2.C23H22FN5O2.C23H23N5O3.C23H23N5O2/c1-17(2)27-13-15-28(16-14-27)25(32)29-18(3)22-23(20-11-7-8-12-21(20)29)26-30(24(22)31)19-9-5-4-6-10-19;1-15-12-20-17(13-19(15)24)21-18(22(30)29(25-21)16-6-4-3-5-7-16)14-28(20)23(31)27-10-8-26(2)9-11-27;1-25-10-12-26(13-11-25)23(30)27-15-19-21(18-14-17(31-2)8-9-20(18)27)24-28(22(19)29)16-6-4-3-5-7-16;1-16-20-21(24-28(22(20)29)17-8-4-3-5-9-17)18-10-6-7-11-19(18)27(16)23(30)26-14-12-25(2)13-15-26/h4-12,17H,13-16H2,1-3H3;3-7,12-14H,8-11H2,1-2H3;3-9,14-15H,10-13H2,1-2H3;3-11H,12-15H2,1-2H3. The van der Waals surface area contributed by atoms with Gasteiger partial charge in [-0.05, 0) is 152 Å². The first-order valence-electron chi connectivity index (χ1n) is 41.6. The number of likely N-dealkylation sites (N-methyl/N-ethyl adjacent to an activating group) is 3. The summed E-state index contributed by atoms with van der Waals surface area (Å²) in [6, 6.07) is 60.8. The minimum Gasteiger partial charge on any atom is -0.497 e. The van der Waals surface area contributed by atoms with Gasteiger partial charge >= 0.3 is 24.1 Å². The molecule has 8 aromatic carbocycles. The molecule has 124 heavy (non-hydrogen) atoms. The average Bonchev–Trinajstić information content (AvgIpc) is 1.58. The molecule has 12 heterocycles. The molecule has 29 nitrogen and oxygen atoms in total. The van der Waals surface area contributed by atoms with Crippen LogP contribution in [0.25, 0.3) is 111 Å². The van der Waals surface area contributed by atoms with Gasteiger partial charge < -0.3 is 39.0 Å². The van der Waals surface area contributed by atoms with Gasteiger partial charge in [-0.2, -0.15) is 39.1 Å². The number of nitrogens with zero attached hydrogens (tertiary/aromatic N) is 20. The molecule has 0 unspecified atom stereocenters. The van der Waals surface area contributed by atoms with Gasteiger partial charge in [0.25, 0.3) is 22.2 Å². The van der Waals surface area contributed by atoms with Crippen LogP contribution in [0, 0.1) is 26.6 Å². The number of rotatable bonds is 6. The Morgan fingerprint density at radius 2 is 0.685 bits per heavy atom. The third-order valence-corrected chi connectivity index (χ3v) is 24.1. The van der Waals surface area contributed by atoms with Crippen LogP contribution < -0.4 is 27.0 Å². The topological polar surface area (TPSA) is 263 Å². The second-order valence-electron chi connectivity index (χ2n) is 32.2. The fraction of sp³-hybridized carbons (Fsp3) is 0.277. The molecule has 0 bridgehead atoms. The lowest BCUT2D eigenvalue weighted by molar-refractivity contribution is 0.120. The van der Waals surface area contributed by atoms with E-state index in [1.54, 1.807) is 63.2 Å². The molecule has 0 N–H and O–H groups in total. The first kappa shape index (κ1) is 82.3. The predicted octanol–water partition coefficient (Wildman–Crippen LogP) is 11.9. The normalized spacial score (nSPS) is 15.1. The molecule has 12 aliphatic rings. The Hall–Kier alpha value is -14.1. The number of hydrogen-bond donors (Lipinski definition) is 0. The number of benzene rings is 8.